The Bertz CT molecular complexity index is 378. The summed E-state index contributed by atoms with van der Waals surface area (Å²) in [5, 5.41) is 3.42. The quantitative estimate of drug-likeness (QED) is 0.879. The van der Waals surface area contributed by atoms with Crippen LogP contribution in [0.3, 0.4) is 0 Å². The highest BCUT2D eigenvalue weighted by atomic mass is 79.9. The minimum absolute atomic E-state index is 0. The normalized spacial score (nSPS) is 21.9. The molecular weight excluding hydrogens is 351 g/mol. The molecule has 1 aromatic rings. The van der Waals surface area contributed by atoms with E-state index in [1.807, 2.05) is 6.07 Å². The van der Waals surface area contributed by atoms with E-state index in [4.69, 9.17) is 4.42 Å². The molecule has 3 nitrogen and oxygen atoms in total. The van der Waals surface area contributed by atoms with Crippen molar-refractivity contribution in [3.8, 4) is 0 Å². The molecule has 3 rings (SSSR count). The van der Waals surface area contributed by atoms with Crippen LogP contribution in [0.15, 0.2) is 21.2 Å². The van der Waals surface area contributed by atoms with Gasteiger partial charge in [0.15, 0.2) is 4.67 Å². The Morgan fingerprint density at radius 1 is 1.21 bits per heavy atom. The van der Waals surface area contributed by atoms with Crippen molar-refractivity contribution in [2.75, 3.05) is 26.2 Å². The molecule has 2 fully saturated rings. The van der Waals surface area contributed by atoms with Gasteiger partial charge in [0.25, 0.3) is 0 Å². The third-order valence-corrected chi connectivity index (χ3v) is 4.45. The molecular formula is C13H21BrCl2N2O. The summed E-state index contributed by atoms with van der Waals surface area (Å²) < 4.78 is 6.66. The maximum Gasteiger partial charge on any atom is 0.169 e. The summed E-state index contributed by atoms with van der Waals surface area (Å²) >= 11 is 3.42. The van der Waals surface area contributed by atoms with Crippen LogP contribution in [0.1, 0.15) is 31.1 Å². The topological polar surface area (TPSA) is 28.4 Å². The molecule has 1 aliphatic heterocycles. The molecule has 1 saturated carbocycles. The molecule has 1 saturated heterocycles. The average molecular weight is 372 g/mol. The third-order valence-electron chi connectivity index (χ3n) is 4.03. The lowest BCUT2D eigenvalue weighted by molar-refractivity contribution is 0.0678. The van der Waals surface area contributed by atoms with Gasteiger partial charge in [-0.3, -0.25) is 4.90 Å². The fraction of sp³-hybridized carbons (Fsp3) is 0.692. The molecule has 0 amide bonds. The van der Waals surface area contributed by atoms with Gasteiger partial charge in [-0.2, -0.15) is 0 Å². The van der Waals surface area contributed by atoms with Crippen LogP contribution in [0.4, 0.5) is 0 Å². The largest absolute Gasteiger partial charge is 0.453 e. The van der Waals surface area contributed by atoms with Gasteiger partial charge in [-0.1, -0.05) is 6.42 Å². The van der Waals surface area contributed by atoms with Crippen LogP contribution in [0, 0.1) is 5.92 Å². The first-order valence-electron chi connectivity index (χ1n) is 6.54. The van der Waals surface area contributed by atoms with Gasteiger partial charge >= 0.3 is 0 Å². The first-order chi connectivity index (χ1) is 8.34. The van der Waals surface area contributed by atoms with E-state index >= 15 is 0 Å². The SMILES string of the molecule is Brc1ccc([C@H](C2CCC2)N2CCNCC2)o1.Cl.Cl. The van der Waals surface area contributed by atoms with Gasteiger partial charge in [0.1, 0.15) is 5.76 Å². The second kappa shape index (κ2) is 7.89. The molecule has 0 bridgehead atoms. The predicted octanol–water partition coefficient (Wildman–Crippen LogP) is 3.63. The van der Waals surface area contributed by atoms with Crippen molar-refractivity contribution in [3.05, 3.63) is 22.6 Å². The van der Waals surface area contributed by atoms with Crippen LogP contribution in [0.25, 0.3) is 0 Å². The average Bonchev–Trinajstić information content (AvgIpc) is 2.71. The second-order valence-corrected chi connectivity index (χ2v) is 5.85. The van der Waals surface area contributed by atoms with Crippen LogP contribution in [-0.2, 0) is 0 Å². The first-order valence-corrected chi connectivity index (χ1v) is 7.34. The zero-order valence-electron chi connectivity index (χ0n) is 10.8. The van der Waals surface area contributed by atoms with Crippen LogP contribution < -0.4 is 5.32 Å². The van der Waals surface area contributed by atoms with Crippen molar-refractivity contribution >= 4 is 40.7 Å². The lowest BCUT2D eigenvalue weighted by atomic mass is 9.78. The number of hydrogen-bond donors (Lipinski definition) is 1. The molecule has 110 valence electrons. The summed E-state index contributed by atoms with van der Waals surface area (Å²) in [4.78, 5) is 2.59. The first kappa shape index (κ1) is 17.3. The second-order valence-electron chi connectivity index (χ2n) is 5.06. The standard InChI is InChI=1S/C13H19BrN2O.2ClH/c14-12-5-4-11(17-12)13(10-2-1-3-10)16-8-6-15-7-9-16;;/h4-5,10,13,15H,1-3,6-9H2;2*1H/t13-;;/m0../s1. The number of rotatable bonds is 3. The molecule has 0 unspecified atom stereocenters. The number of hydrogen-bond acceptors (Lipinski definition) is 3. The van der Waals surface area contributed by atoms with Gasteiger partial charge < -0.3 is 9.73 Å². The maximum atomic E-state index is 5.81. The number of halogens is 3. The van der Waals surface area contributed by atoms with Crippen molar-refractivity contribution in [2.24, 2.45) is 5.92 Å². The van der Waals surface area contributed by atoms with E-state index in [0.29, 0.717) is 6.04 Å². The highest BCUT2D eigenvalue weighted by Gasteiger charge is 2.35. The van der Waals surface area contributed by atoms with Gasteiger partial charge in [-0.15, -0.1) is 24.8 Å². The highest BCUT2D eigenvalue weighted by Crippen LogP contribution is 2.42. The Balaban J connectivity index is 0.000000902. The minimum Gasteiger partial charge on any atom is -0.453 e. The Morgan fingerprint density at radius 2 is 1.89 bits per heavy atom. The Morgan fingerprint density at radius 3 is 2.37 bits per heavy atom. The highest BCUT2D eigenvalue weighted by molar-refractivity contribution is 9.10. The van der Waals surface area contributed by atoms with E-state index in [0.717, 1.165) is 42.5 Å². The zero-order chi connectivity index (χ0) is 11.7. The molecule has 2 aliphatic rings. The van der Waals surface area contributed by atoms with Crippen molar-refractivity contribution in [1.29, 1.82) is 0 Å². The minimum atomic E-state index is 0. The van der Waals surface area contributed by atoms with Gasteiger partial charge in [-0.05, 0) is 46.8 Å². The molecule has 0 spiro atoms. The molecule has 1 atom stereocenters. The monoisotopic (exact) mass is 370 g/mol. The van der Waals surface area contributed by atoms with E-state index in [1.54, 1.807) is 0 Å². The number of nitrogens with one attached hydrogen (secondary N) is 1. The molecule has 0 aromatic carbocycles. The van der Waals surface area contributed by atoms with Crippen LogP contribution >= 0.6 is 40.7 Å². The summed E-state index contributed by atoms with van der Waals surface area (Å²) in [6.45, 7) is 4.48. The summed E-state index contributed by atoms with van der Waals surface area (Å²) in [6.07, 6.45) is 4.09. The van der Waals surface area contributed by atoms with E-state index in [1.165, 1.54) is 19.3 Å². The summed E-state index contributed by atoms with van der Waals surface area (Å²) in [6, 6.07) is 4.65. The van der Waals surface area contributed by atoms with Gasteiger partial charge in [-0.25, -0.2) is 0 Å². The summed E-state index contributed by atoms with van der Waals surface area (Å²) in [5.74, 6) is 1.94. The zero-order valence-corrected chi connectivity index (χ0v) is 14.0. The van der Waals surface area contributed by atoms with Gasteiger partial charge in [0.2, 0.25) is 0 Å². The van der Waals surface area contributed by atoms with Crippen LogP contribution in [-0.4, -0.2) is 31.1 Å². The van der Waals surface area contributed by atoms with Crippen LogP contribution in [0.5, 0.6) is 0 Å². The molecule has 2 heterocycles. The van der Waals surface area contributed by atoms with E-state index in [2.05, 4.69) is 32.2 Å². The Kier molecular flexibility index (Phi) is 7.19. The number of furan rings is 1. The fourth-order valence-corrected chi connectivity index (χ4v) is 3.23. The number of piperazine rings is 1. The smallest absolute Gasteiger partial charge is 0.169 e. The Labute approximate surface area is 135 Å². The van der Waals surface area contributed by atoms with E-state index in [-0.39, 0.29) is 24.8 Å². The van der Waals surface area contributed by atoms with Crippen molar-refractivity contribution in [3.63, 3.8) is 0 Å². The molecule has 6 heteroatoms. The van der Waals surface area contributed by atoms with Crippen molar-refractivity contribution in [2.45, 2.75) is 25.3 Å². The number of nitrogens with zero attached hydrogens (tertiary/aromatic N) is 1. The molecule has 1 aliphatic carbocycles. The van der Waals surface area contributed by atoms with Crippen molar-refractivity contribution < 1.29 is 4.42 Å². The predicted molar refractivity (Wildman–Crippen MR) is 85.4 cm³/mol. The fourth-order valence-electron chi connectivity index (χ4n) is 2.91. The van der Waals surface area contributed by atoms with E-state index in [9.17, 15) is 0 Å². The maximum absolute atomic E-state index is 5.81. The Hall–Kier alpha value is 0.260. The van der Waals surface area contributed by atoms with Gasteiger partial charge in [0, 0.05) is 26.2 Å². The van der Waals surface area contributed by atoms with Gasteiger partial charge in [0.05, 0.1) is 6.04 Å². The molecule has 19 heavy (non-hydrogen) atoms. The summed E-state index contributed by atoms with van der Waals surface area (Å²) in [5.41, 5.74) is 0. The van der Waals surface area contributed by atoms with Crippen molar-refractivity contribution in [1.82, 2.24) is 10.2 Å². The van der Waals surface area contributed by atoms with E-state index < -0.39 is 0 Å². The molecule has 1 aromatic heterocycles. The lowest BCUT2D eigenvalue weighted by Crippen LogP contribution is -2.47. The molecule has 0 radical (unpaired) electrons. The third kappa shape index (κ3) is 3.88. The van der Waals surface area contributed by atoms with Crippen LogP contribution in [0.2, 0.25) is 0 Å². The molecule has 1 N–H and O–H groups in total. The summed E-state index contributed by atoms with van der Waals surface area (Å²) in [7, 11) is 0. The lowest BCUT2D eigenvalue weighted by Gasteiger charge is -2.41.